The fraction of sp³-hybridized carbons (Fsp3) is 0.286. The van der Waals surface area contributed by atoms with Crippen molar-refractivity contribution in [3.05, 3.63) is 52.2 Å². The Bertz CT molecular complexity index is 1090. The summed E-state index contributed by atoms with van der Waals surface area (Å²) in [4.78, 5) is 35.8. The molecule has 0 atom stereocenters. The number of hydrogen-bond donors (Lipinski definition) is 0. The highest BCUT2D eigenvalue weighted by molar-refractivity contribution is 7.24. The lowest BCUT2D eigenvalue weighted by Gasteiger charge is -2.14. The predicted molar refractivity (Wildman–Crippen MR) is 108 cm³/mol. The van der Waals surface area contributed by atoms with Gasteiger partial charge in [0.1, 0.15) is 19.0 Å². The van der Waals surface area contributed by atoms with Crippen molar-refractivity contribution < 1.29 is 23.8 Å². The largest absolute Gasteiger partial charge is 0.488 e. The summed E-state index contributed by atoms with van der Waals surface area (Å²) in [5, 5.41) is 1.17. The first-order valence-corrected chi connectivity index (χ1v) is 9.72. The van der Waals surface area contributed by atoms with Crippen LogP contribution in [-0.2, 0) is 25.5 Å². The molecule has 6 nitrogen and oxygen atoms in total. The van der Waals surface area contributed by atoms with Crippen LogP contribution >= 0.6 is 11.3 Å². The van der Waals surface area contributed by atoms with Crippen LogP contribution in [0.3, 0.4) is 0 Å². The molecule has 0 aliphatic rings. The average molecular weight is 400 g/mol. The number of hydrogen-bond acceptors (Lipinski definition) is 7. The van der Waals surface area contributed by atoms with Crippen LogP contribution in [0, 0.1) is 0 Å². The highest BCUT2D eigenvalue weighted by atomic mass is 32.1. The molecule has 0 bridgehead atoms. The lowest BCUT2D eigenvalue weighted by atomic mass is 10.1. The molecule has 0 unspecified atom stereocenters. The first kappa shape index (κ1) is 19.8. The maximum absolute atomic E-state index is 12.9. The van der Waals surface area contributed by atoms with Crippen molar-refractivity contribution in [3.63, 3.8) is 0 Å². The fourth-order valence-electron chi connectivity index (χ4n) is 2.88. The molecule has 0 amide bonds. The molecular formula is C21H20O6S. The first-order valence-electron chi connectivity index (χ1n) is 8.90. The van der Waals surface area contributed by atoms with Crippen LogP contribution in [0.25, 0.3) is 20.2 Å². The van der Waals surface area contributed by atoms with E-state index >= 15 is 0 Å². The Hall–Kier alpha value is -2.93. The minimum absolute atomic E-state index is 0.0282. The molecule has 0 N–H and O–H groups in total. The SMILES string of the molecule is CCOC(=O)Cc1ccc2c(=O)c3ccccc3sc2c1OCCOC(C)=O. The zero-order valence-electron chi connectivity index (χ0n) is 15.7. The van der Waals surface area contributed by atoms with Crippen LogP contribution < -0.4 is 10.2 Å². The van der Waals surface area contributed by atoms with Crippen molar-refractivity contribution in [2.24, 2.45) is 0 Å². The molecule has 0 radical (unpaired) electrons. The van der Waals surface area contributed by atoms with Gasteiger partial charge in [-0.05, 0) is 25.1 Å². The van der Waals surface area contributed by atoms with Gasteiger partial charge < -0.3 is 14.2 Å². The molecule has 0 aliphatic carbocycles. The van der Waals surface area contributed by atoms with E-state index in [1.807, 2.05) is 18.2 Å². The zero-order chi connectivity index (χ0) is 20.1. The molecule has 0 aliphatic heterocycles. The van der Waals surface area contributed by atoms with Gasteiger partial charge in [-0.15, -0.1) is 11.3 Å². The molecular weight excluding hydrogens is 380 g/mol. The lowest BCUT2D eigenvalue weighted by molar-refractivity contribution is -0.142. The Labute approximate surface area is 165 Å². The van der Waals surface area contributed by atoms with E-state index in [0.29, 0.717) is 26.8 Å². The number of ether oxygens (including phenoxy) is 3. The summed E-state index contributed by atoms with van der Waals surface area (Å²) in [5.41, 5.74) is 0.538. The summed E-state index contributed by atoms with van der Waals surface area (Å²) in [6.45, 7) is 3.54. The molecule has 1 aromatic heterocycles. The van der Waals surface area contributed by atoms with E-state index < -0.39 is 5.97 Å². The second-order valence-corrected chi connectivity index (χ2v) is 7.08. The third-order valence-corrected chi connectivity index (χ3v) is 5.24. The number of fused-ring (bicyclic) bond motifs is 2. The summed E-state index contributed by atoms with van der Waals surface area (Å²) in [6, 6.07) is 10.8. The smallest absolute Gasteiger partial charge is 0.310 e. The molecule has 0 fully saturated rings. The summed E-state index contributed by atoms with van der Waals surface area (Å²) >= 11 is 1.43. The van der Waals surface area contributed by atoms with Crippen LogP contribution in [-0.4, -0.2) is 31.8 Å². The van der Waals surface area contributed by atoms with Crippen LogP contribution in [0.15, 0.2) is 41.2 Å². The number of benzene rings is 2. The number of carbonyl (C=O) groups excluding carboxylic acids is 2. The number of rotatable bonds is 7. The molecule has 0 saturated heterocycles. The van der Waals surface area contributed by atoms with Crippen molar-refractivity contribution in [2.45, 2.75) is 20.3 Å². The zero-order valence-corrected chi connectivity index (χ0v) is 16.5. The van der Waals surface area contributed by atoms with E-state index in [4.69, 9.17) is 14.2 Å². The van der Waals surface area contributed by atoms with E-state index in [0.717, 1.165) is 4.70 Å². The summed E-state index contributed by atoms with van der Waals surface area (Å²) in [6.07, 6.45) is 0.0282. The molecule has 7 heteroatoms. The van der Waals surface area contributed by atoms with E-state index in [9.17, 15) is 14.4 Å². The summed E-state index contributed by atoms with van der Waals surface area (Å²) in [5.74, 6) is -0.325. The van der Waals surface area contributed by atoms with Gasteiger partial charge in [-0.25, -0.2) is 0 Å². The average Bonchev–Trinajstić information content (AvgIpc) is 2.66. The van der Waals surface area contributed by atoms with Crippen LogP contribution in [0.4, 0.5) is 0 Å². The van der Waals surface area contributed by atoms with E-state index in [1.165, 1.54) is 18.3 Å². The molecule has 3 aromatic rings. The van der Waals surface area contributed by atoms with Gasteiger partial charge in [0.05, 0.1) is 17.7 Å². The molecule has 28 heavy (non-hydrogen) atoms. The Morgan fingerprint density at radius 3 is 2.54 bits per heavy atom. The van der Waals surface area contributed by atoms with Crippen LogP contribution in [0.1, 0.15) is 19.4 Å². The van der Waals surface area contributed by atoms with Crippen molar-refractivity contribution in [1.82, 2.24) is 0 Å². The third kappa shape index (κ3) is 4.31. The molecule has 0 spiro atoms. The molecule has 2 aromatic carbocycles. The van der Waals surface area contributed by atoms with Gasteiger partial charge in [0, 0.05) is 28.0 Å². The molecule has 3 rings (SSSR count). The summed E-state index contributed by atoms with van der Waals surface area (Å²) < 4.78 is 17.3. The van der Waals surface area contributed by atoms with Crippen molar-refractivity contribution in [3.8, 4) is 5.75 Å². The lowest BCUT2D eigenvalue weighted by Crippen LogP contribution is -2.13. The maximum Gasteiger partial charge on any atom is 0.310 e. The normalized spacial score (nSPS) is 10.8. The Balaban J connectivity index is 2.09. The first-order chi connectivity index (χ1) is 13.5. The second-order valence-electron chi connectivity index (χ2n) is 6.03. The van der Waals surface area contributed by atoms with Gasteiger partial charge in [0.2, 0.25) is 0 Å². The van der Waals surface area contributed by atoms with Gasteiger partial charge in [0.15, 0.2) is 5.43 Å². The van der Waals surface area contributed by atoms with E-state index in [2.05, 4.69) is 0 Å². The van der Waals surface area contributed by atoms with Crippen LogP contribution in [0.5, 0.6) is 5.75 Å². The van der Waals surface area contributed by atoms with Gasteiger partial charge in [-0.2, -0.15) is 0 Å². The van der Waals surface area contributed by atoms with Crippen LogP contribution in [0.2, 0.25) is 0 Å². The topological polar surface area (TPSA) is 78.9 Å². The maximum atomic E-state index is 12.9. The monoisotopic (exact) mass is 400 g/mol. The van der Waals surface area contributed by atoms with Gasteiger partial charge in [0.25, 0.3) is 0 Å². The predicted octanol–water partition coefficient (Wildman–Crippen LogP) is 3.46. The van der Waals surface area contributed by atoms with E-state index in [-0.39, 0.29) is 37.6 Å². The Morgan fingerprint density at radius 1 is 1.00 bits per heavy atom. The number of esters is 2. The minimum atomic E-state index is -0.399. The van der Waals surface area contributed by atoms with Crippen molar-refractivity contribution in [1.29, 1.82) is 0 Å². The van der Waals surface area contributed by atoms with Gasteiger partial charge >= 0.3 is 11.9 Å². The van der Waals surface area contributed by atoms with Crippen molar-refractivity contribution >= 4 is 43.4 Å². The Kier molecular flexibility index (Phi) is 6.26. The Morgan fingerprint density at radius 2 is 1.79 bits per heavy atom. The molecule has 146 valence electrons. The second kappa shape index (κ2) is 8.84. The van der Waals surface area contributed by atoms with Gasteiger partial charge in [-0.3, -0.25) is 14.4 Å². The molecule has 1 heterocycles. The van der Waals surface area contributed by atoms with Gasteiger partial charge in [-0.1, -0.05) is 18.2 Å². The fourth-order valence-corrected chi connectivity index (χ4v) is 4.07. The highest BCUT2D eigenvalue weighted by Crippen LogP contribution is 2.35. The highest BCUT2D eigenvalue weighted by Gasteiger charge is 2.17. The summed E-state index contributed by atoms with van der Waals surface area (Å²) in [7, 11) is 0. The van der Waals surface area contributed by atoms with Crippen molar-refractivity contribution in [2.75, 3.05) is 19.8 Å². The number of carbonyl (C=O) groups is 2. The standard InChI is InChI=1S/C21H20O6S/c1-3-25-18(23)12-14-8-9-16-19(24)15-6-4-5-7-17(15)28-21(16)20(14)27-11-10-26-13(2)22/h4-9H,3,10-12H2,1-2H3. The quantitative estimate of drug-likeness (QED) is 0.343. The van der Waals surface area contributed by atoms with E-state index in [1.54, 1.807) is 25.1 Å². The third-order valence-electron chi connectivity index (χ3n) is 4.06. The minimum Gasteiger partial charge on any atom is -0.488 e. The molecule has 0 saturated carbocycles.